The van der Waals surface area contributed by atoms with Crippen LogP contribution >= 0.6 is 11.3 Å². The number of aromatic nitrogens is 1. The molecule has 1 atom stereocenters. The third-order valence-electron chi connectivity index (χ3n) is 7.99. The van der Waals surface area contributed by atoms with Gasteiger partial charge in [-0.3, -0.25) is 9.59 Å². The van der Waals surface area contributed by atoms with E-state index >= 15 is 0 Å². The average Bonchev–Trinajstić information content (AvgIpc) is 3.24. The fourth-order valence-corrected chi connectivity index (χ4v) is 6.89. The van der Waals surface area contributed by atoms with Crippen molar-refractivity contribution >= 4 is 33.4 Å². The Morgan fingerprint density at radius 2 is 1.81 bits per heavy atom. The van der Waals surface area contributed by atoms with Gasteiger partial charge < -0.3 is 14.8 Å². The smallest absolute Gasteiger partial charge is 0.271 e. The summed E-state index contributed by atoms with van der Waals surface area (Å²) in [7, 11) is 0. The van der Waals surface area contributed by atoms with E-state index in [9.17, 15) is 9.59 Å². The largest absolute Gasteiger partial charge is 0.351 e. The summed E-state index contributed by atoms with van der Waals surface area (Å²) in [6.07, 6.45) is 11.2. The summed E-state index contributed by atoms with van der Waals surface area (Å²) in [6, 6.07) is 4.50. The molecular formula is C25H35N3O2S. The second kappa shape index (κ2) is 8.27. The number of carbonyl (C=O) groups is 2. The molecule has 1 N–H and O–H groups in total. The summed E-state index contributed by atoms with van der Waals surface area (Å²) in [6.45, 7) is 4.85. The van der Waals surface area contributed by atoms with Crippen LogP contribution in [0.5, 0.6) is 0 Å². The predicted octanol–water partition coefficient (Wildman–Crippen LogP) is 5.34. The van der Waals surface area contributed by atoms with Gasteiger partial charge in [0.05, 0.1) is 16.8 Å². The molecule has 2 aromatic heterocycles. The molecule has 0 bridgehead atoms. The third kappa shape index (κ3) is 3.71. The molecule has 0 spiro atoms. The summed E-state index contributed by atoms with van der Waals surface area (Å²) < 4.78 is 3.23. The molecule has 0 radical (unpaired) electrons. The third-order valence-corrected chi connectivity index (χ3v) is 8.84. The molecule has 2 saturated carbocycles. The Morgan fingerprint density at radius 1 is 1.10 bits per heavy atom. The van der Waals surface area contributed by atoms with Crippen molar-refractivity contribution in [3.8, 4) is 0 Å². The zero-order chi connectivity index (χ0) is 21.6. The van der Waals surface area contributed by atoms with Gasteiger partial charge in [-0.25, -0.2) is 0 Å². The summed E-state index contributed by atoms with van der Waals surface area (Å²) in [5.41, 5.74) is 0.981. The summed E-state index contributed by atoms with van der Waals surface area (Å²) in [4.78, 5) is 29.7. The van der Waals surface area contributed by atoms with E-state index in [2.05, 4.69) is 28.3 Å². The molecule has 2 aliphatic carbocycles. The monoisotopic (exact) mass is 441 g/mol. The fourth-order valence-electron chi connectivity index (χ4n) is 6.07. The SMILES string of the molecule is CC1CCC(N2C(=O)c3cc4sccc4n3C[C@@]2(C)C(=O)NC2CCCCCC2)CC1. The number of nitrogens with one attached hydrogen (secondary N) is 1. The van der Waals surface area contributed by atoms with Gasteiger partial charge in [0.25, 0.3) is 5.91 Å². The van der Waals surface area contributed by atoms with E-state index in [-0.39, 0.29) is 23.9 Å². The van der Waals surface area contributed by atoms with Crippen LogP contribution in [-0.4, -0.2) is 38.9 Å². The number of thiophene rings is 1. The maximum absolute atomic E-state index is 13.9. The standard InChI is InChI=1S/C25H35N3O2S/c1-17-9-11-19(12-10-17)28-23(29)21-15-22-20(13-14-31-22)27(21)16-25(28,2)24(30)26-18-7-5-3-4-6-8-18/h13-15,17-19H,3-12,16H2,1-2H3,(H,26,30)/t17?,19?,25-/m0/s1. The van der Waals surface area contributed by atoms with Gasteiger partial charge in [0.15, 0.2) is 0 Å². The molecule has 5 nitrogen and oxygen atoms in total. The van der Waals surface area contributed by atoms with Crippen molar-refractivity contribution in [3.63, 3.8) is 0 Å². The minimum atomic E-state index is -0.852. The van der Waals surface area contributed by atoms with Crippen molar-refractivity contribution < 1.29 is 9.59 Å². The van der Waals surface area contributed by atoms with Gasteiger partial charge in [-0.1, -0.05) is 32.6 Å². The predicted molar refractivity (Wildman–Crippen MR) is 125 cm³/mol. The van der Waals surface area contributed by atoms with Crippen LogP contribution in [0.2, 0.25) is 0 Å². The van der Waals surface area contributed by atoms with E-state index in [1.54, 1.807) is 11.3 Å². The van der Waals surface area contributed by atoms with E-state index in [1.165, 1.54) is 25.7 Å². The number of fused-ring (bicyclic) bond motifs is 3. The lowest BCUT2D eigenvalue weighted by molar-refractivity contribution is -0.135. The normalized spacial score (nSPS) is 30.3. The number of carbonyl (C=O) groups excluding carboxylic acids is 2. The van der Waals surface area contributed by atoms with Gasteiger partial charge in [0.1, 0.15) is 11.2 Å². The lowest BCUT2D eigenvalue weighted by atomic mass is 9.82. The van der Waals surface area contributed by atoms with Crippen LogP contribution in [0.15, 0.2) is 17.5 Å². The van der Waals surface area contributed by atoms with Gasteiger partial charge in [0.2, 0.25) is 5.91 Å². The first kappa shape index (κ1) is 21.0. The minimum absolute atomic E-state index is 0.0349. The Balaban J connectivity index is 1.50. The summed E-state index contributed by atoms with van der Waals surface area (Å²) in [5, 5.41) is 5.46. The highest BCUT2D eigenvalue weighted by Gasteiger charge is 2.51. The molecule has 0 aromatic carbocycles. The van der Waals surface area contributed by atoms with Gasteiger partial charge in [0, 0.05) is 12.1 Å². The summed E-state index contributed by atoms with van der Waals surface area (Å²) >= 11 is 1.67. The zero-order valence-corrected chi connectivity index (χ0v) is 19.7. The fraction of sp³-hybridized carbons (Fsp3) is 0.680. The van der Waals surface area contributed by atoms with E-state index < -0.39 is 5.54 Å². The quantitative estimate of drug-likeness (QED) is 0.654. The first-order valence-corrected chi connectivity index (χ1v) is 13.1. The first-order valence-electron chi connectivity index (χ1n) is 12.2. The maximum Gasteiger partial charge on any atom is 0.271 e. The number of rotatable bonds is 3. The van der Waals surface area contributed by atoms with E-state index in [0.29, 0.717) is 12.5 Å². The second-order valence-electron chi connectivity index (χ2n) is 10.3. The van der Waals surface area contributed by atoms with Gasteiger partial charge in [-0.15, -0.1) is 11.3 Å². The molecule has 1 aliphatic heterocycles. The van der Waals surface area contributed by atoms with Crippen molar-refractivity contribution in [3.05, 3.63) is 23.2 Å². The Morgan fingerprint density at radius 3 is 2.52 bits per heavy atom. The molecule has 0 unspecified atom stereocenters. The van der Waals surface area contributed by atoms with Crippen LogP contribution in [0, 0.1) is 5.92 Å². The zero-order valence-electron chi connectivity index (χ0n) is 18.9. The molecule has 3 heterocycles. The maximum atomic E-state index is 13.9. The van der Waals surface area contributed by atoms with E-state index in [0.717, 1.165) is 54.4 Å². The Hall–Kier alpha value is -1.82. The molecule has 168 valence electrons. The number of hydrogen-bond donors (Lipinski definition) is 1. The Bertz CT molecular complexity index is 963. The van der Waals surface area contributed by atoms with Crippen molar-refractivity contribution in [2.75, 3.05) is 0 Å². The topological polar surface area (TPSA) is 54.3 Å². The number of hydrogen-bond acceptors (Lipinski definition) is 3. The molecular weight excluding hydrogens is 406 g/mol. The second-order valence-corrected chi connectivity index (χ2v) is 11.3. The molecule has 3 aliphatic rings. The Labute approximate surface area is 189 Å². The number of amides is 2. The van der Waals surface area contributed by atoms with Crippen LogP contribution < -0.4 is 5.32 Å². The Kier molecular flexibility index (Phi) is 5.61. The molecule has 2 aromatic rings. The van der Waals surface area contributed by atoms with Gasteiger partial charge in [-0.2, -0.15) is 0 Å². The molecule has 6 heteroatoms. The molecule has 0 saturated heterocycles. The lowest BCUT2D eigenvalue weighted by Gasteiger charge is -2.49. The highest BCUT2D eigenvalue weighted by atomic mass is 32.1. The van der Waals surface area contributed by atoms with Crippen molar-refractivity contribution in [1.29, 1.82) is 0 Å². The molecule has 31 heavy (non-hydrogen) atoms. The van der Waals surface area contributed by atoms with Crippen LogP contribution in [0.3, 0.4) is 0 Å². The van der Waals surface area contributed by atoms with Crippen molar-refractivity contribution in [1.82, 2.24) is 14.8 Å². The highest BCUT2D eigenvalue weighted by molar-refractivity contribution is 7.17. The summed E-state index contributed by atoms with van der Waals surface area (Å²) in [5.74, 6) is 0.776. The van der Waals surface area contributed by atoms with Crippen LogP contribution in [0.4, 0.5) is 0 Å². The first-order chi connectivity index (χ1) is 15.0. The van der Waals surface area contributed by atoms with Gasteiger partial charge in [-0.05, 0) is 68.9 Å². The highest BCUT2D eigenvalue weighted by Crippen LogP contribution is 2.39. The van der Waals surface area contributed by atoms with Crippen LogP contribution in [-0.2, 0) is 11.3 Å². The van der Waals surface area contributed by atoms with Crippen molar-refractivity contribution in [2.24, 2.45) is 5.92 Å². The lowest BCUT2D eigenvalue weighted by Crippen LogP contribution is -2.67. The van der Waals surface area contributed by atoms with Gasteiger partial charge >= 0.3 is 0 Å². The van der Waals surface area contributed by atoms with Crippen LogP contribution in [0.1, 0.15) is 88.5 Å². The minimum Gasteiger partial charge on any atom is -0.351 e. The van der Waals surface area contributed by atoms with Crippen molar-refractivity contribution in [2.45, 2.75) is 102 Å². The van der Waals surface area contributed by atoms with Crippen LogP contribution in [0.25, 0.3) is 10.2 Å². The van der Waals surface area contributed by atoms with E-state index in [4.69, 9.17) is 0 Å². The molecule has 5 rings (SSSR count). The number of nitrogens with zero attached hydrogens (tertiary/aromatic N) is 2. The average molecular weight is 442 g/mol. The molecule has 2 amide bonds. The van der Waals surface area contributed by atoms with E-state index in [1.807, 2.05) is 17.9 Å². The molecule has 2 fully saturated rings.